The van der Waals surface area contributed by atoms with Crippen molar-refractivity contribution in [2.24, 2.45) is 0 Å². The van der Waals surface area contributed by atoms with Crippen LogP contribution in [0, 0.1) is 0 Å². The van der Waals surface area contributed by atoms with Crippen molar-refractivity contribution in [1.29, 1.82) is 0 Å². The summed E-state index contributed by atoms with van der Waals surface area (Å²) in [6, 6.07) is 0. The van der Waals surface area contributed by atoms with E-state index in [2.05, 4.69) is 0 Å². The van der Waals surface area contributed by atoms with Crippen LogP contribution in [0.25, 0.3) is 0 Å². The lowest BCUT2D eigenvalue weighted by Crippen LogP contribution is -2.13. The monoisotopic (exact) mass is 276 g/mol. The zero-order valence-corrected chi connectivity index (χ0v) is 11.9. The van der Waals surface area contributed by atoms with E-state index in [4.69, 9.17) is 19.6 Å². The van der Waals surface area contributed by atoms with Crippen molar-refractivity contribution in [3.63, 3.8) is 0 Å². The Hall–Kier alpha value is 0.300. The van der Waals surface area contributed by atoms with Crippen molar-refractivity contribution in [3.8, 4) is 0 Å². The second kappa shape index (κ2) is 6.90. The lowest BCUT2D eigenvalue weighted by Gasteiger charge is -2.18. The van der Waals surface area contributed by atoms with E-state index in [-0.39, 0.29) is 6.16 Å². The summed E-state index contributed by atoms with van der Waals surface area (Å²) in [7, 11) is -7.53. The molecule has 0 aromatic heterocycles. The molecule has 8 heteroatoms. The van der Waals surface area contributed by atoms with Gasteiger partial charge in [-0.1, -0.05) is 13.3 Å². The molecule has 0 radical (unpaired) electrons. The van der Waals surface area contributed by atoms with Crippen molar-refractivity contribution in [1.82, 2.24) is 0 Å². The van der Waals surface area contributed by atoms with Crippen LogP contribution in [-0.2, 0) is 9.13 Å². The van der Waals surface area contributed by atoms with Gasteiger partial charge in [-0.2, -0.15) is 0 Å². The average molecular weight is 276 g/mol. The van der Waals surface area contributed by atoms with E-state index in [0.29, 0.717) is 6.42 Å². The number of hydrogen-bond donors (Lipinski definition) is 4. The minimum absolute atomic E-state index is 0.0312. The van der Waals surface area contributed by atoms with E-state index >= 15 is 0 Å². The fraction of sp³-hybridized carbons (Fsp3) is 1.00. The van der Waals surface area contributed by atoms with E-state index in [9.17, 15) is 9.13 Å². The molecule has 16 heavy (non-hydrogen) atoms. The van der Waals surface area contributed by atoms with Gasteiger partial charge in [0.2, 0.25) is 0 Å². The van der Waals surface area contributed by atoms with Gasteiger partial charge in [0.25, 0.3) is 0 Å². The predicted octanol–water partition coefficient (Wildman–Crippen LogP) is 1.93. The molecule has 6 nitrogen and oxygen atoms in total. The second-order valence-electron chi connectivity index (χ2n) is 4.46. The summed E-state index contributed by atoms with van der Waals surface area (Å²) in [4.78, 5) is 33.5. The van der Waals surface area contributed by atoms with Crippen molar-refractivity contribution in [2.45, 2.75) is 45.7 Å². The molecular weight excluding hydrogens is 254 g/mol. The van der Waals surface area contributed by atoms with E-state index in [1.165, 1.54) is 20.8 Å². The Bertz CT molecular complexity index is 271. The standard InChI is InChI=1S/2C4H11O3P/c1-4(2,3)8(5,6)7;1-2-3-4-8(5,6)7/h1-3H3,(H2,5,6,7);2-4H2,1H3,(H2,5,6,7). The van der Waals surface area contributed by atoms with Crippen LogP contribution in [0.4, 0.5) is 0 Å². The van der Waals surface area contributed by atoms with Crippen LogP contribution in [-0.4, -0.2) is 30.9 Å². The van der Waals surface area contributed by atoms with Gasteiger partial charge in [-0.3, -0.25) is 9.13 Å². The third kappa shape index (κ3) is 12.4. The minimum atomic E-state index is -3.85. The molecule has 0 aromatic rings. The summed E-state index contributed by atoms with van der Waals surface area (Å²) in [5, 5.41) is -0.896. The lowest BCUT2D eigenvalue weighted by atomic mass is 10.3. The zero-order chi connectivity index (χ0) is 13.6. The second-order valence-corrected chi connectivity index (χ2v) is 8.66. The zero-order valence-electron chi connectivity index (χ0n) is 10.1. The quantitative estimate of drug-likeness (QED) is 0.585. The van der Waals surface area contributed by atoms with Crippen LogP contribution >= 0.6 is 15.2 Å². The van der Waals surface area contributed by atoms with Gasteiger partial charge in [0.1, 0.15) is 0 Å². The smallest absolute Gasteiger partial charge is 0.324 e. The van der Waals surface area contributed by atoms with Crippen molar-refractivity contribution >= 4 is 15.2 Å². The van der Waals surface area contributed by atoms with Crippen molar-refractivity contribution < 1.29 is 28.7 Å². The third-order valence-electron chi connectivity index (χ3n) is 1.68. The maximum Gasteiger partial charge on any atom is 0.330 e. The van der Waals surface area contributed by atoms with Gasteiger partial charge < -0.3 is 19.6 Å². The van der Waals surface area contributed by atoms with Crippen LogP contribution in [0.3, 0.4) is 0 Å². The molecule has 0 aliphatic rings. The van der Waals surface area contributed by atoms with Gasteiger partial charge in [-0.25, -0.2) is 0 Å². The third-order valence-corrected chi connectivity index (χ3v) is 4.32. The molecule has 0 atom stereocenters. The Morgan fingerprint density at radius 2 is 1.31 bits per heavy atom. The molecule has 0 unspecified atom stereocenters. The van der Waals surface area contributed by atoms with Gasteiger partial charge in [0.05, 0.1) is 5.16 Å². The molecule has 0 amide bonds. The molecule has 0 rings (SSSR count). The first kappa shape index (κ1) is 18.7. The maximum atomic E-state index is 10.3. The average Bonchev–Trinajstić information content (AvgIpc) is 1.96. The highest BCUT2D eigenvalue weighted by Crippen LogP contribution is 2.49. The molecular formula is C8H22O6P2. The van der Waals surface area contributed by atoms with Crippen LogP contribution in [0.2, 0.25) is 0 Å². The maximum absolute atomic E-state index is 10.3. The Labute approximate surface area is 96.4 Å². The molecule has 100 valence electrons. The Balaban J connectivity index is 0. The molecule has 0 aliphatic carbocycles. The van der Waals surface area contributed by atoms with Gasteiger partial charge >= 0.3 is 15.2 Å². The summed E-state index contributed by atoms with van der Waals surface area (Å²) in [5.74, 6) is 0. The topological polar surface area (TPSA) is 115 Å². The highest BCUT2D eigenvalue weighted by Gasteiger charge is 2.31. The first-order valence-corrected chi connectivity index (χ1v) is 8.32. The van der Waals surface area contributed by atoms with Crippen LogP contribution < -0.4 is 0 Å². The Kier molecular flexibility index (Phi) is 8.04. The van der Waals surface area contributed by atoms with Crippen LogP contribution in [0.15, 0.2) is 0 Å². The largest absolute Gasteiger partial charge is 0.330 e. The highest BCUT2D eigenvalue weighted by molar-refractivity contribution is 7.53. The molecule has 0 aliphatic heterocycles. The van der Waals surface area contributed by atoms with Gasteiger partial charge in [0, 0.05) is 6.16 Å². The van der Waals surface area contributed by atoms with Gasteiger partial charge in [0.15, 0.2) is 0 Å². The molecule has 0 aromatic carbocycles. The van der Waals surface area contributed by atoms with E-state index in [1.54, 1.807) is 0 Å². The summed E-state index contributed by atoms with van der Waals surface area (Å²) in [6.07, 6.45) is 1.49. The molecule has 0 heterocycles. The first-order chi connectivity index (χ1) is 6.81. The first-order valence-electron chi connectivity index (χ1n) is 4.91. The Morgan fingerprint density at radius 3 is 1.38 bits per heavy atom. The number of rotatable bonds is 3. The fourth-order valence-corrected chi connectivity index (χ4v) is 1.09. The SMILES string of the molecule is CC(C)(C)P(=O)(O)O.CCCCP(=O)(O)O. The molecule has 0 fully saturated rings. The molecule has 0 bridgehead atoms. The summed E-state index contributed by atoms with van der Waals surface area (Å²) >= 11 is 0. The fourth-order valence-electron chi connectivity index (χ4n) is 0.364. The molecule has 0 spiro atoms. The highest BCUT2D eigenvalue weighted by atomic mass is 31.2. The molecule has 4 N–H and O–H groups in total. The molecule has 0 saturated heterocycles. The summed E-state index contributed by atoms with van der Waals surface area (Å²) in [6.45, 7) is 6.42. The van der Waals surface area contributed by atoms with Gasteiger partial charge in [-0.15, -0.1) is 0 Å². The molecule has 0 saturated carbocycles. The summed E-state index contributed by atoms with van der Waals surface area (Å²) in [5.41, 5.74) is 0. The predicted molar refractivity (Wildman–Crippen MR) is 63.6 cm³/mol. The Morgan fingerprint density at radius 1 is 1.00 bits per heavy atom. The van der Waals surface area contributed by atoms with Gasteiger partial charge in [-0.05, 0) is 27.2 Å². The van der Waals surface area contributed by atoms with Crippen molar-refractivity contribution in [2.75, 3.05) is 6.16 Å². The van der Waals surface area contributed by atoms with Crippen LogP contribution in [0.5, 0.6) is 0 Å². The summed E-state index contributed by atoms with van der Waals surface area (Å²) < 4.78 is 20.4. The normalized spacial score (nSPS) is 13.0. The minimum Gasteiger partial charge on any atom is -0.324 e. The number of unbranched alkanes of at least 4 members (excludes halogenated alkanes) is 1. The van der Waals surface area contributed by atoms with Crippen LogP contribution in [0.1, 0.15) is 40.5 Å². The van der Waals surface area contributed by atoms with E-state index in [1.807, 2.05) is 6.92 Å². The van der Waals surface area contributed by atoms with E-state index < -0.39 is 20.3 Å². The van der Waals surface area contributed by atoms with Crippen molar-refractivity contribution in [3.05, 3.63) is 0 Å². The van der Waals surface area contributed by atoms with E-state index in [0.717, 1.165) is 6.42 Å². The lowest BCUT2D eigenvalue weighted by molar-refractivity contribution is 0.342. The number of hydrogen-bond acceptors (Lipinski definition) is 2.